The molecule has 0 saturated carbocycles. The molecule has 1 N–H and O–H groups in total. The zero-order valence-corrected chi connectivity index (χ0v) is 20.3. The number of rotatable bonds is 6. The molecule has 33 heavy (non-hydrogen) atoms. The standard InChI is InChI=1S/C26H29N3O3S/c1-19-6-16-24(17-7-19)33(31,32)29(5)23-14-10-21(11-15-23)25(30)28-27-18-20-8-12-22(13-9-20)26(2,3)4/h6-18H,1-5H3,(H,28,30)/b27-18-. The van der Waals surface area contributed by atoms with Crippen LogP contribution >= 0.6 is 0 Å². The number of amides is 1. The van der Waals surface area contributed by atoms with Crippen LogP contribution in [0, 0.1) is 6.92 Å². The van der Waals surface area contributed by atoms with Crippen molar-refractivity contribution >= 4 is 27.8 Å². The number of benzene rings is 3. The van der Waals surface area contributed by atoms with Gasteiger partial charge in [0.15, 0.2) is 0 Å². The van der Waals surface area contributed by atoms with E-state index in [1.165, 1.54) is 16.9 Å². The van der Waals surface area contributed by atoms with Gasteiger partial charge < -0.3 is 0 Å². The van der Waals surface area contributed by atoms with Crippen molar-refractivity contribution < 1.29 is 13.2 Å². The van der Waals surface area contributed by atoms with Gasteiger partial charge in [0.2, 0.25) is 0 Å². The topological polar surface area (TPSA) is 78.8 Å². The summed E-state index contributed by atoms with van der Waals surface area (Å²) in [5.74, 6) is -0.381. The molecule has 0 radical (unpaired) electrons. The van der Waals surface area contributed by atoms with E-state index in [4.69, 9.17) is 0 Å². The maximum Gasteiger partial charge on any atom is 0.271 e. The first-order valence-corrected chi connectivity index (χ1v) is 12.0. The lowest BCUT2D eigenvalue weighted by atomic mass is 9.87. The Balaban J connectivity index is 1.65. The smallest absolute Gasteiger partial charge is 0.269 e. The number of carbonyl (C=O) groups is 1. The summed E-state index contributed by atoms with van der Waals surface area (Å²) in [5, 5.41) is 4.02. The van der Waals surface area contributed by atoms with Crippen LogP contribution in [0.1, 0.15) is 47.8 Å². The summed E-state index contributed by atoms with van der Waals surface area (Å²) >= 11 is 0. The van der Waals surface area contributed by atoms with Crippen LogP contribution in [0.25, 0.3) is 0 Å². The Hall–Kier alpha value is -3.45. The Kier molecular flexibility index (Phi) is 7.03. The second-order valence-corrected chi connectivity index (χ2v) is 10.9. The molecule has 0 spiro atoms. The highest BCUT2D eigenvalue weighted by Gasteiger charge is 2.21. The molecule has 6 nitrogen and oxygen atoms in total. The summed E-state index contributed by atoms with van der Waals surface area (Å²) in [6.07, 6.45) is 1.58. The van der Waals surface area contributed by atoms with Gasteiger partial charge in [0.1, 0.15) is 0 Å². The van der Waals surface area contributed by atoms with Crippen LogP contribution in [0.2, 0.25) is 0 Å². The minimum Gasteiger partial charge on any atom is -0.269 e. The molecule has 0 saturated heterocycles. The third kappa shape index (κ3) is 5.87. The van der Waals surface area contributed by atoms with Crippen LogP contribution in [-0.2, 0) is 15.4 Å². The fourth-order valence-corrected chi connectivity index (χ4v) is 4.32. The Morgan fingerprint density at radius 1 is 0.909 bits per heavy atom. The predicted octanol–water partition coefficient (Wildman–Crippen LogP) is 4.88. The van der Waals surface area contributed by atoms with E-state index in [0.717, 1.165) is 11.1 Å². The lowest BCUT2D eigenvalue weighted by molar-refractivity contribution is 0.0955. The highest BCUT2D eigenvalue weighted by molar-refractivity contribution is 7.92. The molecule has 0 aliphatic heterocycles. The quantitative estimate of drug-likeness (QED) is 0.418. The van der Waals surface area contributed by atoms with Crippen molar-refractivity contribution in [2.75, 3.05) is 11.4 Å². The van der Waals surface area contributed by atoms with Gasteiger partial charge in [0, 0.05) is 12.6 Å². The number of sulfonamides is 1. The maximum atomic E-state index is 12.8. The van der Waals surface area contributed by atoms with Crippen molar-refractivity contribution in [2.24, 2.45) is 5.10 Å². The molecule has 3 aromatic rings. The number of hydrogen-bond acceptors (Lipinski definition) is 4. The van der Waals surface area contributed by atoms with Crippen LogP contribution < -0.4 is 9.73 Å². The van der Waals surface area contributed by atoms with Crippen molar-refractivity contribution in [1.29, 1.82) is 0 Å². The van der Waals surface area contributed by atoms with E-state index >= 15 is 0 Å². The number of carbonyl (C=O) groups excluding carboxylic acids is 1. The van der Waals surface area contributed by atoms with Gasteiger partial charge >= 0.3 is 0 Å². The summed E-state index contributed by atoms with van der Waals surface area (Å²) < 4.78 is 26.9. The average molecular weight is 464 g/mol. The third-order valence-corrected chi connectivity index (χ3v) is 7.13. The lowest BCUT2D eigenvalue weighted by Crippen LogP contribution is -2.26. The van der Waals surface area contributed by atoms with Crippen molar-refractivity contribution in [2.45, 2.75) is 38.0 Å². The second-order valence-electron chi connectivity index (χ2n) is 8.90. The first kappa shape index (κ1) is 24.2. The van der Waals surface area contributed by atoms with Crippen LogP contribution in [0.15, 0.2) is 82.8 Å². The Morgan fingerprint density at radius 2 is 1.48 bits per heavy atom. The molecule has 172 valence electrons. The van der Waals surface area contributed by atoms with Gasteiger partial charge in [-0.05, 0) is 59.9 Å². The first-order valence-electron chi connectivity index (χ1n) is 10.6. The fourth-order valence-electron chi connectivity index (χ4n) is 3.13. The zero-order valence-electron chi connectivity index (χ0n) is 19.5. The van der Waals surface area contributed by atoms with E-state index in [-0.39, 0.29) is 16.2 Å². The monoisotopic (exact) mass is 463 g/mol. The molecular weight excluding hydrogens is 434 g/mol. The number of nitrogens with one attached hydrogen (secondary N) is 1. The highest BCUT2D eigenvalue weighted by atomic mass is 32.2. The molecular formula is C26H29N3O3S. The predicted molar refractivity (Wildman–Crippen MR) is 133 cm³/mol. The summed E-state index contributed by atoms with van der Waals surface area (Å²) in [4.78, 5) is 12.6. The molecule has 3 rings (SSSR count). The molecule has 0 atom stereocenters. The lowest BCUT2D eigenvalue weighted by Gasteiger charge is -2.19. The van der Waals surface area contributed by atoms with Gasteiger partial charge in [0.05, 0.1) is 16.8 Å². The van der Waals surface area contributed by atoms with E-state index in [1.807, 2.05) is 31.2 Å². The van der Waals surface area contributed by atoms with Crippen LogP contribution in [0.3, 0.4) is 0 Å². The molecule has 7 heteroatoms. The van der Waals surface area contributed by atoms with Gasteiger partial charge in [0.25, 0.3) is 15.9 Å². The minimum atomic E-state index is -3.69. The van der Waals surface area contributed by atoms with Crippen molar-refractivity contribution in [3.8, 4) is 0 Å². The van der Waals surface area contributed by atoms with Gasteiger partial charge in [-0.3, -0.25) is 9.10 Å². The van der Waals surface area contributed by atoms with Gasteiger partial charge in [-0.1, -0.05) is 62.7 Å². The number of nitrogens with zero attached hydrogens (tertiary/aromatic N) is 2. The molecule has 0 bridgehead atoms. The summed E-state index contributed by atoms with van der Waals surface area (Å²) in [6.45, 7) is 8.35. The molecule has 0 fully saturated rings. The fraction of sp³-hybridized carbons (Fsp3) is 0.231. The molecule has 0 aliphatic rings. The Labute approximate surface area is 196 Å². The maximum absolute atomic E-state index is 12.8. The largest absolute Gasteiger partial charge is 0.271 e. The number of hydrogen-bond donors (Lipinski definition) is 1. The highest BCUT2D eigenvalue weighted by Crippen LogP contribution is 2.23. The van der Waals surface area contributed by atoms with Gasteiger partial charge in [-0.25, -0.2) is 13.8 Å². The number of hydrazone groups is 1. The van der Waals surface area contributed by atoms with E-state index < -0.39 is 10.0 Å². The molecule has 0 unspecified atom stereocenters. The average Bonchev–Trinajstić information content (AvgIpc) is 2.78. The summed E-state index contributed by atoms with van der Waals surface area (Å²) in [6, 6.07) is 21.0. The van der Waals surface area contributed by atoms with Crippen molar-refractivity contribution in [3.05, 3.63) is 95.1 Å². The van der Waals surface area contributed by atoms with Crippen LogP contribution in [-0.4, -0.2) is 27.6 Å². The summed E-state index contributed by atoms with van der Waals surface area (Å²) in [5.41, 5.74) is 6.48. The minimum absolute atomic E-state index is 0.0730. The second kappa shape index (κ2) is 9.58. The molecule has 0 heterocycles. The van der Waals surface area contributed by atoms with E-state index in [0.29, 0.717) is 11.3 Å². The first-order chi connectivity index (χ1) is 15.5. The summed E-state index contributed by atoms with van der Waals surface area (Å²) in [7, 11) is -2.20. The normalized spacial score (nSPS) is 12.0. The van der Waals surface area contributed by atoms with E-state index in [2.05, 4.69) is 31.3 Å². The van der Waals surface area contributed by atoms with Gasteiger partial charge in [-0.2, -0.15) is 5.10 Å². The van der Waals surface area contributed by atoms with E-state index in [1.54, 1.807) is 54.7 Å². The van der Waals surface area contributed by atoms with Crippen molar-refractivity contribution in [3.63, 3.8) is 0 Å². The van der Waals surface area contributed by atoms with Crippen LogP contribution in [0.5, 0.6) is 0 Å². The SMILES string of the molecule is Cc1ccc(S(=O)(=O)N(C)c2ccc(C(=O)N/N=C\c3ccc(C(C)(C)C)cc3)cc2)cc1. The molecule has 0 aliphatic carbocycles. The van der Waals surface area contributed by atoms with Crippen LogP contribution in [0.4, 0.5) is 5.69 Å². The van der Waals surface area contributed by atoms with Crippen molar-refractivity contribution in [1.82, 2.24) is 5.43 Å². The van der Waals surface area contributed by atoms with Gasteiger partial charge in [-0.15, -0.1) is 0 Å². The number of aryl methyl sites for hydroxylation is 1. The molecule has 3 aromatic carbocycles. The molecule has 0 aromatic heterocycles. The molecule has 1 amide bonds. The Morgan fingerprint density at radius 3 is 2.03 bits per heavy atom. The number of anilines is 1. The Bertz CT molecular complexity index is 1240. The third-order valence-electron chi connectivity index (χ3n) is 5.33. The zero-order chi connectivity index (χ0) is 24.2. The van der Waals surface area contributed by atoms with E-state index in [9.17, 15) is 13.2 Å².